The van der Waals surface area contributed by atoms with Gasteiger partial charge in [0.15, 0.2) is 0 Å². The van der Waals surface area contributed by atoms with Crippen LogP contribution in [0.25, 0.3) is 0 Å². The molecular formula is C32H48N4O6S2. The molecule has 0 spiro atoms. The highest BCUT2D eigenvalue weighted by atomic mass is 32.2. The third-order valence-electron chi connectivity index (χ3n) is 6.70. The van der Waals surface area contributed by atoms with Crippen molar-refractivity contribution in [3.63, 3.8) is 0 Å². The number of ether oxygens (including phenoxy) is 2. The second kappa shape index (κ2) is 19.6. The molecule has 0 aliphatic heterocycles. The van der Waals surface area contributed by atoms with Gasteiger partial charge in [0.1, 0.15) is 32.0 Å². The summed E-state index contributed by atoms with van der Waals surface area (Å²) in [4.78, 5) is 23.6. The molecule has 10 nitrogen and oxygen atoms in total. The Kier molecular flexibility index (Phi) is 17.1. The average molecular weight is 649 g/mol. The minimum atomic E-state index is -3.21. The van der Waals surface area contributed by atoms with Gasteiger partial charge in [0.2, 0.25) is 0 Å². The summed E-state index contributed by atoms with van der Waals surface area (Å²) in [5.74, 6) is 0.331. The van der Waals surface area contributed by atoms with Gasteiger partial charge in [-0.2, -0.15) is 0 Å². The summed E-state index contributed by atoms with van der Waals surface area (Å²) in [7, 11) is -6.43. The molecule has 0 saturated heterocycles. The maximum atomic E-state index is 12.2. The van der Waals surface area contributed by atoms with Crippen molar-refractivity contribution in [2.75, 3.05) is 11.5 Å². The molecular weight excluding hydrogens is 601 g/mol. The summed E-state index contributed by atoms with van der Waals surface area (Å²) < 4.78 is 54.7. The Hall–Kier alpha value is -3.64. The van der Waals surface area contributed by atoms with Gasteiger partial charge in [-0.25, -0.2) is 37.0 Å². The minimum Gasteiger partial charge on any atom is -0.441 e. The number of hydrogen-bond acceptors (Lipinski definition) is 8. The van der Waals surface area contributed by atoms with Gasteiger partial charge in [-0.05, 0) is 49.7 Å². The first kappa shape index (κ1) is 38.4. The number of allylic oxidation sites excluding steroid dienone is 2. The van der Waals surface area contributed by atoms with E-state index >= 15 is 0 Å². The van der Waals surface area contributed by atoms with Crippen LogP contribution in [0.5, 0.6) is 0 Å². The molecule has 12 heteroatoms. The molecule has 0 aliphatic carbocycles. The van der Waals surface area contributed by atoms with E-state index in [2.05, 4.69) is 22.6 Å². The van der Waals surface area contributed by atoms with Gasteiger partial charge in [-0.15, -0.1) is 13.2 Å². The molecule has 2 aromatic carbocycles. The van der Waals surface area contributed by atoms with E-state index in [1.165, 1.54) is 0 Å². The maximum absolute atomic E-state index is 12.2. The summed E-state index contributed by atoms with van der Waals surface area (Å²) >= 11 is 0. The predicted molar refractivity (Wildman–Crippen MR) is 178 cm³/mol. The Morgan fingerprint density at radius 3 is 1.32 bits per heavy atom. The smallest absolute Gasteiger partial charge is 0.420 e. The molecule has 44 heavy (non-hydrogen) atoms. The molecule has 0 fully saturated rings. The molecule has 0 heterocycles. The Balaban J connectivity index is 0.000000440. The average Bonchev–Trinajstić information content (AvgIpc) is 2.96. The van der Waals surface area contributed by atoms with Crippen LogP contribution in [0.2, 0.25) is 0 Å². The van der Waals surface area contributed by atoms with Gasteiger partial charge in [0.25, 0.3) is 0 Å². The van der Waals surface area contributed by atoms with Gasteiger partial charge < -0.3 is 9.47 Å². The second-order valence-electron chi connectivity index (χ2n) is 10.4. The second-order valence-corrected chi connectivity index (χ2v) is 14.2. The van der Waals surface area contributed by atoms with Gasteiger partial charge >= 0.3 is 12.2 Å². The fraction of sp³-hybridized carbons (Fsp3) is 0.438. The van der Waals surface area contributed by atoms with Crippen LogP contribution in [0, 0.1) is 21.4 Å². The van der Waals surface area contributed by atoms with Crippen molar-refractivity contribution in [3.8, 4) is 0 Å². The fourth-order valence-corrected chi connectivity index (χ4v) is 7.02. The molecule has 2 rings (SSSR count). The van der Waals surface area contributed by atoms with Crippen LogP contribution in [-0.2, 0) is 29.3 Å². The monoisotopic (exact) mass is 648 g/mol. The van der Waals surface area contributed by atoms with Gasteiger partial charge in [-0.3, -0.25) is 0 Å². The van der Waals surface area contributed by atoms with E-state index in [0.29, 0.717) is 12.8 Å². The maximum Gasteiger partial charge on any atom is 0.420 e. The van der Waals surface area contributed by atoms with Crippen LogP contribution in [0.15, 0.2) is 86.0 Å². The van der Waals surface area contributed by atoms with E-state index in [1.807, 2.05) is 74.5 Å². The van der Waals surface area contributed by atoms with Crippen molar-refractivity contribution < 1.29 is 27.5 Å². The van der Waals surface area contributed by atoms with Crippen molar-refractivity contribution >= 4 is 32.0 Å². The quantitative estimate of drug-likeness (QED) is 0.135. The minimum absolute atomic E-state index is 0.0642. The van der Waals surface area contributed by atoms with E-state index in [-0.39, 0.29) is 23.3 Å². The Bertz CT molecular complexity index is 1280. The topological polar surface area (TPSA) is 158 Å². The summed E-state index contributed by atoms with van der Waals surface area (Å²) in [6.45, 7) is 14.7. The zero-order valence-corrected chi connectivity index (χ0v) is 27.8. The van der Waals surface area contributed by atoms with Gasteiger partial charge in [0, 0.05) is 0 Å². The highest BCUT2D eigenvalue weighted by Crippen LogP contribution is 2.18. The number of amides is 2. The Morgan fingerprint density at radius 1 is 0.727 bits per heavy atom. The molecule has 4 N–H and O–H groups in total. The molecule has 0 aromatic heterocycles. The molecule has 0 saturated carbocycles. The predicted octanol–water partition coefficient (Wildman–Crippen LogP) is 8.08. The Labute approximate surface area is 263 Å². The molecule has 244 valence electrons. The zero-order valence-electron chi connectivity index (χ0n) is 26.2. The lowest BCUT2D eigenvalue weighted by atomic mass is 10.1. The highest BCUT2D eigenvalue weighted by Gasteiger charge is 2.20. The number of benzene rings is 2. The van der Waals surface area contributed by atoms with Crippen molar-refractivity contribution in [3.05, 3.63) is 97.1 Å². The van der Waals surface area contributed by atoms with Crippen molar-refractivity contribution in [2.45, 2.75) is 65.6 Å². The van der Waals surface area contributed by atoms with Crippen molar-refractivity contribution in [2.24, 2.45) is 11.8 Å². The number of hydrogen-bond donors (Lipinski definition) is 4. The number of rotatable bonds is 16. The molecule has 2 unspecified atom stereocenters. The highest BCUT2D eigenvalue weighted by molar-refractivity contribution is 7.91. The molecule has 0 radical (unpaired) electrons. The third kappa shape index (κ3) is 15.7. The largest absolute Gasteiger partial charge is 0.441 e. The lowest BCUT2D eigenvalue weighted by molar-refractivity contribution is 0.112. The SMILES string of the molecule is C=CC[C@H](CC)CS(=N)(=O)NC(=O)O[C@@H](C)c1ccccc1.C=CC[C@H](CC)CS(=N)(=O)NC(=O)O[C@@H](C)c1ccccc1. The molecule has 2 amide bonds. The van der Waals surface area contributed by atoms with Crippen molar-refractivity contribution in [1.29, 1.82) is 9.56 Å². The van der Waals surface area contributed by atoms with Crippen LogP contribution < -0.4 is 9.44 Å². The summed E-state index contributed by atoms with van der Waals surface area (Å²) in [6.07, 6.45) is 3.78. The first-order valence-corrected chi connectivity index (χ1v) is 18.0. The molecule has 6 atom stereocenters. The van der Waals surface area contributed by atoms with E-state index in [1.54, 1.807) is 26.0 Å². The van der Waals surface area contributed by atoms with Crippen molar-refractivity contribution in [1.82, 2.24) is 9.44 Å². The third-order valence-corrected chi connectivity index (χ3v) is 9.57. The zero-order chi connectivity index (χ0) is 33.2. The number of carbonyl (C=O) groups excluding carboxylic acids is 2. The number of nitrogens with one attached hydrogen (secondary N) is 4. The van der Waals surface area contributed by atoms with E-state index in [9.17, 15) is 18.0 Å². The molecule has 2 aromatic rings. The van der Waals surface area contributed by atoms with E-state index < -0.39 is 44.2 Å². The fourth-order valence-electron chi connectivity index (χ4n) is 4.15. The summed E-state index contributed by atoms with van der Waals surface area (Å²) in [5.41, 5.74) is 1.68. The van der Waals surface area contributed by atoms with Crippen LogP contribution in [0.1, 0.15) is 76.7 Å². The lowest BCUT2D eigenvalue weighted by Crippen LogP contribution is -2.34. The van der Waals surface area contributed by atoms with E-state index in [4.69, 9.17) is 19.0 Å². The van der Waals surface area contributed by atoms with Gasteiger partial charge in [-0.1, -0.05) is 99.5 Å². The standard InChI is InChI=1S/2C16H24N2O3S/c2*1-4-9-14(5-2)12-22(17,20)18-16(19)21-13(3)15-10-7-6-8-11-15/h2*4,6-8,10-11,13-14H,1,5,9,12H2,2-3H3,(H2,17,18,19,20)/t2*13-,14-,22?/m00/s1. The number of carbonyl (C=O) groups is 2. The van der Waals surface area contributed by atoms with E-state index in [0.717, 1.165) is 24.0 Å². The normalized spacial score (nSPS) is 16.1. The van der Waals surface area contributed by atoms with Crippen LogP contribution in [0.4, 0.5) is 9.59 Å². The summed E-state index contributed by atoms with van der Waals surface area (Å²) in [5, 5.41) is 0. The Morgan fingerprint density at radius 2 is 1.05 bits per heavy atom. The molecule has 0 aliphatic rings. The van der Waals surface area contributed by atoms with Crippen LogP contribution in [-0.4, -0.2) is 32.1 Å². The lowest BCUT2D eigenvalue weighted by Gasteiger charge is -2.18. The molecule has 0 bridgehead atoms. The van der Waals surface area contributed by atoms with Crippen LogP contribution in [0.3, 0.4) is 0 Å². The summed E-state index contributed by atoms with van der Waals surface area (Å²) in [6, 6.07) is 18.5. The van der Waals surface area contributed by atoms with Crippen LogP contribution >= 0.6 is 0 Å². The first-order chi connectivity index (χ1) is 20.8. The first-order valence-electron chi connectivity index (χ1n) is 14.6. The van der Waals surface area contributed by atoms with Gasteiger partial charge in [0.05, 0.1) is 11.5 Å².